The number of hydrogen-bond acceptors (Lipinski definition) is 9. The van der Waals surface area contributed by atoms with Crippen molar-refractivity contribution in [1.82, 2.24) is 41.2 Å². The molecular weight excluding hydrogens is 536 g/mol. The van der Waals surface area contributed by atoms with Gasteiger partial charge in [0.1, 0.15) is 10.5 Å². The van der Waals surface area contributed by atoms with Crippen molar-refractivity contribution in [2.45, 2.75) is 24.3 Å². The molecule has 140 valence electrons. The minimum Gasteiger partial charge on any atom is -0.242 e. The number of nitrogens with zero attached hydrogens (tertiary/aromatic N) is 6. The number of hydrogen-bond donors (Lipinski definition) is 2. The average molecular weight is 548 g/mol. The summed E-state index contributed by atoms with van der Waals surface area (Å²) in [6.07, 6.45) is 0. The van der Waals surface area contributed by atoms with E-state index in [1.165, 1.54) is 11.1 Å². The van der Waals surface area contributed by atoms with Crippen LogP contribution in [0.25, 0.3) is 0 Å². The number of thiophene rings is 2. The van der Waals surface area contributed by atoms with Crippen molar-refractivity contribution < 1.29 is 0 Å². The van der Waals surface area contributed by atoms with Gasteiger partial charge in [0.05, 0.1) is 7.57 Å². The van der Waals surface area contributed by atoms with Gasteiger partial charge in [0.15, 0.2) is 11.6 Å². The van der Waals surface area contributed by atoms with Gasteiger partial charge in [0, 0.05) is 9.75 Å². The molecule has 4 aromatic heterocycles. The van der Waals surface area contributed by atoms with Crippen LogP contribution in [0, 0.1) is 13.8 Å². The fourth-order valence-electron chi connectivity index (χ4n) is 2.45. The summed E-state index contributed by atoms with van der Waals surface area (Å²) in [6.45, 7) is 4.14. The van der Waals surface area contributed by atoms with Gasteiger partial charge in [-0.25, -0.2) is 10.2 Å². The zero-order valence-corrected chi connectivity index (χ0v) is 19.6. The summed E-state index contributed by atoms with van der Waals surface area (Å²) >= 11 is 12.3. The molecule has 0 bridgehead atoms. The fourth-order valence-corrected chi connectivity index (χ4v) is 7.32. The van der Waals surface area contributed by atoms with Gasteiger partial charge in [0.2, 0.25) is 0 Å². The van der Waals surface area contributed by atoms with Gasteiger partial charge in [-0.2, -0.15) is 0 Å². The van der Waals surface area contributed by atoms with Gasteiger partial charge in [-0.3, -0.25) is 0 Å². The van der Waals surface area contributed by atoms with Crippen LogP contribution in [-0.2, 0) is 0 Å². The second-order valence-corrected chi connectivity index (χ2v) is 11.7. The fraction of sp³-hybridized carbons (Fsp3) is 0.286. The molecule has 0 aliphatic heterocycles. The molecule has 0 saturated heterocycles. The Labute approximate surface area is 183 Å². The number of tetrazole rings is 2. The Morgan fingerprint density at radius 1 is 0.852 bits per heavy atom. The third-order valence-electron chi connectivity index (χ3n) is 3.76. The van der Waals surface area contributed by atoms with Crippen LogP contribution in [0.4, 0.5) is 0 Å². The molecule has 0 fully saturated rings. The van der Waals surface area contributed by atoms with E-state index in [2.05, 4.69) is 99.1 Å². The van der Waals surface area contributed by atoms with Crippen LogP contribution in [0.1, 0.15) is 43.0 Å². The number of aromatic amines is 2. The van der Waals surface area contributed by atoms with Crippen molar-refractivity contribution in [3.63, 3.8) is 0 Å². The SMILES string of the molecule is Cc1cc(C(SC(c2nnn[nH]2)c2cc(C)c(Br)s2)c2nnn[nH]2)sc1Br. The van der Waals surface area contributed by atoms with Gasteiger partial charge in [-0.1, -0.05) is 0 Å². The average Bonchev–Trinajstić information content (AvgIpc) is 3.41. The first kappa shape index (κ1) is 19.2. The number of rotatable bonds is 6. The smallest absolute Gasteiger partial charge is 0.166 e. The Morgan fingerprint density at radius 2 is 1.30 bits per heavy atom. The van der Waals surface area contributed by atoms with Crippen molar-refractivity contribution in [3.8, 4) is 0 Å². The highest BCUT2D eigenvalue weighted by Crippen LogP contribution is 2.50. The first-order valence-electron chi connectivity index (χ1n) is 7.67. The Balaban J connectivity index is 1.76. The highest BCUT2D eigenvalue weighted by atomic mass is 79.9. The Morgan fingerprint density at radius 3 is 1.59 bits per heavy atom. The van der Waals surface area contributed by atoms with Crippen LogP contribution >= 0.6 is 66.3 Å². The second kappa shape index (κ2) is 8.07. The van der Waals surface area contributed by atoms with E-state index in [-0.39, 0.29) is 10.5 Å². The van der Waals surface area contributed by atoms with Gasteiger partial charge < -0.3 is 0 Å². The molecule has 0 spiro atoms. The third kappa shape index (κ3) is 4.01. The van der Waals surface area contributed by atoms with Crippen molar-refractivity contribution in [2.75, 3.05) is 0 Å². The van der Waals surface area contributed by atoms with E-state index in [0.717, 1.165) is 17.3 Å². The number of aryl methyl sites for hydroxylation is 2. The summed E-state index contributed by atoms with van der Waals surface area (Å²) in [7, 11) is 0. The first-order valence-corrected chi connectivity index (χ1v) is 11.8. The predicted octanol–water partition coefficient (Wildman–Crippen LogP) is 4.59. The Kier molecular flexibility index (Phi) is 5.73. The number of thioether (sulfide) groups is 1. The maximum atomic E-state index is 4.17. The second-order valence-electron chi connectivity index (χ2n) is 5.68. The minimum absolute atomic E-state index is 0.0914. The standard InChI is InChI=1S/C14H12Br2N8S3/c1-5-3-7(25-11(5)15)9(13-17-21-22-18-13)27-10(14-19-23-24-20-14)8-4-6(2)12(16)26-8/h3-4,9-10H,1-2H3,(H,17,18,21,22)(H,19,20,23,24). The summed E-state index contributed by atoms with van der Waals surface area (Å²) in [5, 5.41) is 29.0. The molecule has 4 rings (SSSR count). The molecule has 0 aliphatic carbocycles. The zero-order valence-electron chi connectivity index (χ0n) is 14.0. The lowest BCUT2D eigenvalue weighted by Gasteiger charge is -2.18. The lowest BCUT2D eigenvalue weighted by molar-refractivity contribution is 0.881. The van der Waals surface area contributed by atoms with E-state index >= 15 is 0 Å². The van der Waals surface area contributed by atoms with Crippen LogP contribution in [-0.4, -0.2) is 41.2 Å². The van der Waals surface area contributed by atoms with E-state index < -0.39 is 0 Å². The molecule has 0 aromatic carbocycles. The minimum atomic E-state index is -0.0914. The van der Waals surface area contributed by atoms with Gasteiger partial charge >= 0.3 is 0 Å². The molecule has 0 amide bonds. The molecule has 4 heterocycles. The molecule has 2 atom stereocenters. The summed E-state index contributed by atoms with van der Waals surface area (Å²) in [5.41, 5.74) is 2.36. The summed E-state index contributed by atoms with van der Waals surface area (Å²) in [4.78, 5) is 2.29. The van der Waals surface area contributed by atoms with Gasteiger partial charge in [-0.05, 0) is 89.8 Å². The maximum absolute atomic E-state index is 4.17. The summed E-state index contributed by atoms with van der Waals surface area (Å²) in [6, 6.07) is 4.31. The molecule has 27 heavy (non-hydrogen) atoms. The number of aromatic nitrogens is 8. The quantitative estimate of drug-likeness (QED) is 0.363. The molecular formula is C14H12Br2N8S3. The molecule has 13 heteroatoms. The van der Waals surface area contributed by atoms with Crippen LogP contribution in [0.3, 0.4) is 0 Å². The third-order valence-corrected chi connectivity index (χ3v) is 9.96. The number of nitrogens with one attached hydrogen (secondary N) is 2. The van der Waals surface area contributed by atoms with E-state index in [1.807, 2.05) is 0 Å². The van der Waals surface area contributed by atoms with Crippen LogP contribution in [0.5, 0.6) is 0 Å². The van der Waals surface area contributed by atoms with Crippen molar-refractivity contribution in [2.24, 2.45) is 0 Å². The summed E-state index contributed by atoms with van der Waals surface area (Å²) in [5.74, 6) is 1.39. The highest BCUT2D eigenvalue weighted by molar-refractivity contribution is 9.11. The molecule has 0 aliphatic rings. The van der Waals surface area contributed by atoms with E-state index in [1.54, 1.807) is 34.4 Å². The molecule has 4 aromatic rings. The molecule has 2 unspecified atom stereocenters. The molecule has 0 radical (unpaired) electrons. The van der Waals surface area contributed by atoms with Crippen molar-refractivity contribution in [1.29, 1.82) is 0 Å². The topological polar surface area (TPSA) is 109 Å². The van der Waals surface area contributed by atoms with Crippen molar-refractivity contribution >= 4 is 66.3 Å². The maximum Gasteiger partial charge on any atom is 0.166 e. The Bertz CT molecular complexity index is 906. The normalized spacial score (nSPS) is 13.8. The number of halogens is 2. The highest BCUT2D eigenvalue weighted by Gasteiger charge is 2.30. The van der Waals surface area contributed by atoms with Crippen molar-refractivity contribution in [3.05, 3.63) is 52.2 Å². The predicted molar refractivity (Wildman–Crippen MR) is 113 cm³/mol. The molecule has 0 saturated carbocycles. The van der Waals surface area contributed by atoms with Gasteiger partial charge in [-0.15, -0.1) is 44.6 Å². The van der Waals surface area contributed by atoms with Gasteiger partial charge in [0.25, 0.3) is 0 Å². The van der Waals surface area contributed by atoms with Crippen LogP contribution < -0.4 is 0 Å². The van der Waals surface area contributed by atoms with E-state index in [9.17, 15) is 0 Å². The zero-order chi connectivity index (χ0) is 19.0. The molecule has 2 N–H and O–H groups in total. The first-order chi connectivity index (χ1) is 13.0. The monoisotopic (exact) mass is 546 g/mol. The Hall–Kier alpha value is -1.15. The summed E-state index contributed by atoms with van der Waals surface area (Å²) < 4.78 is 2.20. The van der Waals surface area contributed by atoms with E-state index in [0.29, 0.717) is 11.6 Å². The number of H-pyrrole nitrogens is 2. The van der Waals surface area contributed by atoms with E-state index in [4.69, 9.17) is 0 Å². The molecule has 8 nitrogen and oxygen atoms in total. The lowest BCUT2D eigenvalue weighted by atomic mass is 10.2. The lowest BCUT2D eigenvalue weighted by Crippen LogP contribution is -2.05. The van der Waals surface area contributed by atoms with Crippen LogP contribution in [0.15, 0.2) is 19.7 Å². The van der Waals surface area contributed by atoms with Crippen LogP contribution in [0.2, 0.25) is 0 Å². The largest absolute Gasteiger partial charge is 0.242 e.